The Morgan fingerprint density at radius 1 is 1.21 bits per heavy atom. The Kier molecular flexibility index (Phi) is 7.68. The van der Waals surface area contributed by atoms with E-state index in [0.29, 0.717) is 12.3 Å². The number of nitrogens with two attached hydrogens (primary N) is 1. The molecule has 0 aromatic carbocycles. The lowest BCUT2D eigenvalue weighted by Gasteiger charge is -2.26. The molecule has 0 aromatic rings. The van der Waals surface area contributed by atoms with Crippen LogP contribution in [0.25, 0.3) is 0 Å². The molecule has 3 N–H and O–H groups in total. The fraction of sp³-hybridized carbons (Fsp3) is 0.857. The van der Waals surface area contributed by atoms with Gasteiger partial charge in [0.1, 0.15) is 6.04 Å². The number of hydrogen-bond donors (Lipinski definition) is 2. The Labute approximate surface area is 116 Å². The topological polar surface area (TPSA) is 75.4 Å². The lowest BCUT2D eigenvalue weighted by molar-refractivity contribution is -0.135. The molecule has 0 aliphatic carbocycles. The van der Waals surface area contributed by atoms with Gasteiger partial charge >= 0.3 is 0 Å². The zero-order chi connectivity index (χ0) is 15.2. The first-order valence-corrected chi connectivity index (χ1v) is 6.97. The summed E-state index contributed by atoms with van der Waals surface area (Å²) in [6.07, 6.45) is 1.46. The molecule has 0 radical (unpaired) electrons. The van der Waals surface area contributed by atoms with Gasteiger partial charge in [-0.1, -0.05) is 34.1 Å². The maximum Gasteiger partial charge on any atom is 0.244 e. The van der Waals surface area contributed by atoms with Crippen LogP contribution in [0.2, 0.25) is 0 Å². The molecule has 0 heterocycles. The van der Waals surface area contributed by atoms with Crippen LogP contribution in [0.4, 0.5) is 0 Å². The molecule has 0 spiro atoms. The highest BCUT2D eigenvalue weighted by molar-refractivity contribution is 5.89. The van der Waals surface area contributed by atoms with E-state index in [1.807, 2.05) is 27.7 Å². The van der Waals surface area contributed by atoms with Crippen molar-refractivity contribution in [3.63, 3.8) is 0 Å². The third-order valence-corrected chi connectivity index (χ3v) is 3.32. The van der Waals surface area contributed by atoms with E-state index >= 15 is 0 Å². The Balaban J connectivity index is 4.72. The number of nitrogens with zero attached hydrogens (tertiary/aromatic N) is 1. The summed E-state index contributed by atoms with van der Waals surface area (Å²) in [4.78, 5) is 25.6. The van der Waals surface area contributed by atoms with Crippen molar-refractivity contribution >= 4 is 11.8 Å². The van der Waals surface area contributed by atoms with E-state index in [0.717, 1.165) is 6.42 Å². The first-order chi connectivity index (χ1) is 8.70. The normalized spacial score (nSPS) is 15.8. The van der Waals surface area contributed by atoms with Crippen molar-refractivity contribution in [1.29, 1.82) is 0 Å². The zero-order valence-electron chi connectivity index (χ0n) is 13.1. The van der Waals surface area contributed by atoms with Crippen molar-refractivity contribution in [3.05, 3.63) is 0 Å². The summed E-state index contributed by atoms with van der Waals surface area (Å²) in [5, 5.41) is 2.79. The number of hydrogen-bond acceptors (Lipinski definition) is 3. The molecule has 5 heteroatoms. The van der Waals surface area contributed by atoms with Crippen LogP contribution < -0.4 is 11.1 Å². The average molecular weight is 271 g/mol. The number of carbonyl (C=O) groups excluding carboxylic acids is 2. The molecule has 5 nitrogen and oxygen atoms in total. The molecular formula is C14H29N3O2. The SMILES string of the molecule is CC[C@H](C)[C@H](N)C(=O)NC(CC(C)C)C(=O)N(C)C. The molecule has 112 valence electrons. The van der Waals surface area contributed by atoms with E-state index in [9.17, 15) is 9.59 Å². The second kappa shape index (κ2) is 8.15. The van der Waals surface area contributed by atoms with Gasteiger partial charge in [-0.15, -0.1) is 0 Å². The van der Waals surface area contributed by atoms with E-state index < -0.39 is 12.1 Å². The van der Waals surface area contributed by atoms with E-state index in [4.69, 9.17) is 5.73 Å². The molecule has 3 atom stereocenters. The largest absolute Gasteiger partial charge is 0.347 e. The number of likely N-dealkylation sites (N-methyl/N-ethyl adjacent to an activating group) is 1. The summed E-state index contributed by atoms with van der Waals surface area (Å²) in [6, 6.07) is -1.05. The Morgan fingerprint density at radius 2 is 1.74 bits per heavy atom. The Bertz CT molecular complexity index is 303. The van der Waals surface area contributed by atoms with Gasteiger partial charge in [0.25, 0.3) is 0 Å². The van der Waals surface area contributed by atoms with Crippen LogP contribution in [0.1, 0.15) is 40.5 Å². The number of rotatable bonds is 7. The molecule has 0 aromatic heterocycles. The van der Waals surface area contributed by atoms with E-state index in [2.05, 4.69) is 5.32 Å². The van der Waals surface area contributed by atoms with Crippen molar-refractivity contribution in [2.24, 2.45) is 17.6 Å². The number of carbonyl (C=O) groups is 2. The molecular weight excluding hydrogens is 242 g/mol. The van der Waals surface area contributed by atoms with Gasteiger partial charge < -0.3 is 16.0 Å². The molecule has 0 bridgehead atoms. The van der Waals surface area contributed by atoms with Crippen molar-refractivity contribution in [2.75, 3.05) is 14.1 Å². The first-order valence-electron chi connectivity index (χ1n) is 6.97. The number of nitrogens with one attached hydrogen (secondary N) is 1. The van der Waals surface area contributed by atoms with Gasteiger partial charge in [0.2, 0.25) is 11.8 Å². The van der Waals surface area contributed by atoms with Gasteiger partial charge in [-0.05, 0) is 18.3 Å². The summed E-state index contributed by atoms with van der Waals surface area (Å²) in [6.45, 7) is 7.98. The quantitative estimate of drug-likeness (QED) is 0.724. The van der Waals surface area contributed by atoms with Crippen molar-refractivity contribution in [3.8, 4) is 0 Å². The second-order valence-electron chi connectivity index (χ2n) is 5.83. The van der Waals surface area contributed by atoms with E-state index in [-0.39, 0.29) is 17.7 Å². The fourth-order valence-electron chi connectivity index (χ4n) is 1.78. The maximum atomic E-state index is 12.1. The van der Waals surface area contributed by atoms with Crippen LogP contribution >= 0.6 is 0 Å². The van der Waals surface area contributed by atoms with E-state index in [1.165, 1.54) is 4.90 Å². The van der Waals surface area contributed by atoms with Crippen molar-refractivity contribution in [2.45, 2.75) is 52.6 Å². The van der Waals surface area contributed by atoms with Gasteiger partial charge in [-0.2, -0.15) is 0 Å². The third-order valence-electron chi connectivity index (χ3n) is 3.32. The van der Waals surface area contributed by atoms with Gasteiger partial charge in [0.15, 0.2) is 0 Å². The maximum absolute atomic E-state index is 12.1. The number of amides is 2. The average Bonchev–Trinajstić information content (AvgIpc) is 2.34. The zero-order valence-corrected chi connectivity index (χ0v) is 13.1. The Hall–Kier alpha value is -1.10. The minimum Gasteiger partial charge on any atom is -0.347 e. The van der Waals surface area contributed by atoms with Crippen molar-refractivity contribution in [1.82, 2.24) is 10.2 Å². The molecule has 0 aliphatic heterocycles. The highest BCUT2D eigenvalue weighted by Gasteiger charge is 2.27. The highest BCUT2D eigenvalue weighted by atomic mass is 16.2. The third kappa shape index (κ3) is 6.05. The van der Waals surface area contributed by atoms with Gasteiger partial charge in [0.05, 0.1) is 6.04 Å². The fourth-order valence-corrected chi connectivity index (χ4v) is 1.78. The Morgan fingerprint density at radius 3 is 2.11 bits per heavy atom. The van der Waals surface area contributed by atoms with Crippen LogP contribution in [0.3, 0.4) is 0 Å². The molecule has 0 saturated heterocycles. The standard InChI is InChI=1S/C14H29N3O2/c1-7-10(4)12(15)13(18)16-11(8-9(2)3)14(19)17(5)6/h9-12H,7-8,15H2,1-6H3,(H,16,18)/t10-,11?,12-/m0/s1. The summed E-state index contributed by atoms with van der Waals surface area (Å²) in [5.41, 5.74) is 5.89. The minimum atomic E-state index is -0.561. The van der Waals surface area contributed by atoms with Crippen LogP contribution in [0, 0.1) is 11.8 Å². The summed E-state index contributed by atoms with van der Waals surface area (Å²) in [5.74, 6) is 0.108. The van der Waals surface area contributed by atoms with E-state index in [1.54, 1.807) is 14.1 Å². The molecule has 19 heavy (non-hydrogen) atoms. The van der Waals surface area contributed by atoms with Gasteiger partial charge in [0, 0.05) is 14.1 Å². The molecule has 0 rings (SSSR count). The van der Waals surface area contributed by atoms with Crippen LogP contribution in [0.5, 0.6) is 0 Å². The molecule has 2 amide bonds. The molecule has 0 saturated carbocycles. The van der Waals surface area contributed by atoms with Crippen LogP contribution in [0.15, 0.2) is 0 Å². The minimum absolute atomic E-state index is 0.0848. The predicted molar refractivity (Wildman–Crippen MR) is 77.5 cm³/mol. The monoisotopic (exact) mass is 271 g/mol. The van der Waals surface area contributed by atoms with Crippen LogP contribution in [-0.4, -0.2) is 42.9 Å². The smallest absolute Gasteiger partial charge is 0.244 e. The lowest BCUT2D eigenvalue weighted by atomic mass is 9.97. The summed E-state index contributed by atoms with van der Waals surface area (Å²) < 4.78 is 0. The molecule has 0 fully saturated rings. The molecule has 1 unspecified atom stereocenters. The van der Waals surface area contributed by atoms with Crippen LogP contribution in [-0.2, 0) is 9.59 Å². The van der Waals surface area contributed by atoms with Gasteiger partial charge in [-0.3, -0.25) is 9.59 Å². The summed E-state index contributed by atoms with van der Waals surface area (Å²) in [7, 11) is 3.38. The summed E-state index contributed by atoms with van der Waals surface area (Å²) >= 11 is 0. The first kappa shape index (κ1) is 17.9. The highest BCUT2D eigenvalue weighted by Crippen LogP contribution is 2.09. The van der Waals surface area contributed by atoms with Crippen molar-refractivity contribution < 1.29 is 9.59 Å². The van der Waals surface area contributed by atoms with Gasteiger partial charge in [-0.25, -0.2) is 0 Å². The molecule has 0 aliphatic rings. The second-order valence-corrected chi connectivity index (χ2v) is 5.83. The predicted octanol–water partition coefficient (Wildman–Crippen LogP) is 0.979. The lowest BCUT2D eigenvalue weighted by Crippen LogP contribution is -2.53.